The van der Waals surface area contributed by atoms with E-state index in [4.69, 9.17) is 4.74 Å². The third kappa shape index (κ3) is 2.83. The van der Waals surface area contributed by atoms with Crippen LogP contribution in [0.5, 0.6) is 0 Å². The van der Waals surface area contributed by atoms with Crippen LogP contribution in [0, 0.1) is 5.41 Å². The Balaban J connectivity index is 1.83. The number of hydrogen-bond donors (Lipinski definition) is 0. The number of fused-ring (bicyclic) bond motifs is 3. The monoisotopic (exact) mass is 355 g/mol. The molecule has 0 spiro atoms. The third-order valence-corrected chi connectivity index (χ3v) is 6.67. The van der Waals surface area contributed by atoms with E-state index >= 15 is 0 Å². The number of carbonyl (C=O) groups is 2. The maximum atomic E-state index is 12.8. The highest BCUT2D eigenvalue weighted by atomic mass is 16.5. The molecule has 3 aliphatic rings. The lowest BCUT2D eigenvalue weighted by atomic mass is 9.58. The Kier molecular flexibility index (Phi) is 4.54. The Morgan fingerprint density at radius 1 is 1.19 bits per heavy atom. The fourth-order valence-electron chi connectivity index (χ4n) is 5.31. The molecule has 1 aliphatic heterocycles. The van der Waals surface area contributed by atoms with E-state index in [1.165, 1.54) is 18.4 Å². The first-order valence-corrected chi connectivity index (χ1v) is 10.1. The molecule has 1 saturated carbocycles. The Labute approximate surface area is 155 Å². The molecule has 140 valence electrons. The van der Waals surface area contributed by atoms with E-state index in [1.54, 1.807) is 0 Å². The summed E-state index contributed by atoms with van der Waals surface area (Å²) in [4.78, 5) is 27.8. The number of anilines is 1. The van der Waals surface area contributed by atoms with Crippen LogP contribution in [0.1, 0.15) is 79.8 Å². The molecule has 2 atom stereocenters. The maximum Gasteiger partial charge on any atom is 0.340 e. The molecule has 1 saturated heterocycles. The Morgan fingerprint density at radius 3 is 2.69 bits per heavy atom. The lowest BCUT2D eigenvalue weighted by Crippen LogP contribution is -2.39. The van der Waals surface area contributed by atoms with Gasteiger partial charge in [0.25, 0.3) is 0 Å². The standard InChI is InChI=1S/C22H29NO3/c1-3-26-21(25)17-14-16-15(13-18(17)23-11-4-5-12-23)8-10-22(2)9-6-7-19(24)20(16)22/h13-14,20H,3-12H2,1-2H3. The summed E-state index contributed by atoms with van der Waals surface area (Å²) < 4.78 is 5.36. The largest absolute Gasteiger partial charge is 0.462 e. The van der Waals surface area contributed by atoms with Gasteiger partial charge < -0.3 is 9.64 Å². The predicted octanol–water partition coefficient (Wildman–Crippen LogP) is 4.25. The molecule has 1 aromatic rings. The fraction of sp³-hybridized carbons (Fsp3) is 0.636. The molecular weight excluding hydrogens is 326 g/mol. The normalized spacial score (nSPS) is 27.8. The SMILES string of the molecule is CCOC(=O)c1cc2c(cc1N1CCCC1)CCC1(C)CCCC(=O)C21. The molecule has 2 fully saturated rings. The number of ketones is 1. The van der Waals surface area contributed by atoms with Crippen molar-refractivity contribution in [3.05, 3.63) is 28.8 Å². The quantitative estimate of drug-likeness (QED) is 0.761. The van der Waals surface area contributed by atoms with Crippen LogP contribution in [0.15, 0.2) is 12.1 Å². The van der Waals surface area contributed by atoms with Crippen LogP contribution in [0.25, 0.3) is 0 Å². The second kappa shape index (κ2) is 6.71. The molecule has 4 rings (SSSR count). The van der Waals surface area contributed by atoms with Gasteiger partial charge in [-0.1, -0.05) is 6.92 Å². The van der Waals surface area contributed by atoms with Crippen LogP contribution in [-0.4, -0.2) is 31.4 Å². The van der Waals surface area contributed by atoms with Crippen molar-refractivity contribution < 1.29 is 14.3 Å². The molecule has 0 amide bonds. The zero-order chi connectivity index (χ0) is 18.3. The minimum absolute atomic E-state index is 0.0451. The minimum Gasteiger partial charge on any atom is -0.462 e. The lowest BCUT2D eigenvalue weighted by molar-refractivity contribution is -0.126. The van der Waals surface area contributed by atoms with E-state index in [0.717, 1.165) is 50.0 Å². The fourth-order valence-corrected chi connectivity index (χ4v) is 5.31. The van der Waals surface area contributed by atoms with Gasteiger partial charge in [0.1, 0.15) is 5.78 Å². The number of hydrogen-bond acceptors (Lipinski definition) is 4. The van der Waals surface area contributed by atoms with Crippen LogP contribution in [0.2, 0.25) is 0 Å². The molecule has 0 bridgehead atoms. The number of ether oxygens (including phenoxy) is 1. The summed E-state index contributed by atoms with van der Waals surface area (Å²) in [6, 6.07) is 4.20. The van der Waals surface area contributed by atoms with E-state index in [-0.39, 0.29) is 17.3 Å². The van der Waals surface area contributed by atoms with Crippen molar-refractivity contribution in [1.82, 2.24) is 0 Å². The number of aryl methyl sites for hydroxylation is 1. The molecule has 1 aromatic carbocycles. The highest BCUT2D eigenvalue weighted by molar-refractivity contribution is 5.98. The van der Waals surface area contributed by atoms with Gasteiger partial charge in [-0.15, -0.1) is 0 Å². The van der Waals surface area contributed by atoms with Gasteiger partial charge in [0.05, 0.1) is 17.9 Å². The van der Waals surface area contributed by atoms with Gasteiger partial charge in [-0.25, -0.2) is 4.79 Å². The molecule has 26 heavy (non-hydrogen) atoms. The average molecular weight is 355 g/mol. The Morgan fingerprint density at radius 2 is 1.96 bits per heavy atom. The van der Waals surface area contributed by atoms with Crippen molar-refractivity contribution in [2.45, 2.75) is 64.7 Å². The maximum absolute atomic E-state index is 12.8. The van der Waals surface area contributed by atoms with Crippen molar-refractivity contribution in [3.63, 3.8) is 0 Å². The first-order valence-electron chi connectivity index (χ1n) is 10.1. The summed E-state index contributed by atoms with van der Waals surface area (Å²) in [6.45, 7) is 6.45. The predicted molar refractivity (Wildman–Crippen MR) is 102 cm³/mol. The van der Waals surface area contributed by atoms with Crippen molar-refractivity contribution in [2.75, 3.05) is 24.6 Å². The van der Waals surface area contributed by atoms with E-state index < -0.39 is 0 Å². The molecule has 0 aromatic heterocycles. The van der Waals surface area contributed by atoms with Crippen LogP contribution < -0.4 is 4.90 Å². The molecule has 0 N–H and O–H groups in total. The molecule has 2 aliphatic carbocycles. The molecule has 2 unspecified atom stereocenters. The van der Waals surface area contributed by atoms with Gasteiger partial charge in [-0.3, -0.25) is 4.79 Å². The number of esters is 1. The molecule has 4 nitrogen and oxygen atoms in total. The number of benzene rings is 1. The minimum atomic E-state index is -0.257. The van der Waals surface area contributed by atoms with Crippen molar-refractivity contribution in [3.8, 4) is 0 Å². The van der Waals surface area contributed by atoms with Crippen molar-refractivity contribution in [1.29, 1.82) is 0 Å². The van der Waals surface area contributed by atoms with Gasteiger partial charge in [0, 0.05) is 25.4 Å². The number of Topliss-reactive ketones (excluding diaryl/α,β-unsaturated/α-hetero) is 1. The van der Waals surface area contributed by atoms with Gasteiger partial charge in [0.15, 0.2) is 0 Å². The van der Waals surface area contributed by atoms with E-state index in [2.05, 4.69) is 17.9 Å². The molecular formula is C22H29NO3. The molecule has 4 heteroatoms. The summed E-state index contributed by atoms with van der Waals surface area (Å²) in [7, 11) is 0. The number of rotatable bonds is 3. The summed E-state index contributed by atoms with van der Waals surface area (Å²) >= 11 is 0. The smallest absolute Gasteiger partial charge is 0.340 e. The highest BCUT2D eigenvalue weighted by Crippen LogP contribution is 2.53. The molecule has 1 heterocycles. The van der Waals surface area contributed by atoms with Crippen LogP contribution in [0.3, 0.4) is 0 Å². The highest BCUT2D eigenvalue weighted by Gasteiger charge is 2.46. The van der Waals surface area contributed by atoms with E-state index in [1.807, 2.05) is 13.0 Å². The third-order valence-electron chi connectivity index (χ3n) is 6.67. The van der Waals surface area contributed by atoms with Gasteiger partial charge in [-0.05, 0) is 74.1 Å². The Bertz CT molecular complexity index is 735. The van der Waals surface area contributed by atoms with Gasteiger partial charge in [-0.2, -0.15) is 0 Å². The number of nitrogens with zero attached hydrogens (tertiary/aromatic N) is 1. The van der Waals surface area contributed by atoms with Gasteiger partial charge in [0.2, 0.25) is 0 Å². The Hall–Kier alpha value is -1.84. The lowest BCUT2D eigenvalue weighted by Gasteiger charge is -2.45. The van der Waals surface area contributed by atoms with Gasteiger partial charge >= 0.3 is 5.97 Å². The van der Waals surface area contributed by atoms with Crippen LogP contribution in [0.4, 0.5) is 5.69 Å². The topological polar surface area (TPSA) is 46.6 Å². The zero-order valence-corrected chi connectivity index (χ0v) is 16.0. The first kappa shape index (κ1) is 17.6. The first-order chi connectivity index (χ1) is 12.5. The zero-order valence-electron chi connectivity index (χ0n) is 16.0. The van der Waals surface area contributed by atoms with E-state index in [9.17, 15) is 9.59 Å². The van der Waals surface area contributed by atoms with Crippen LogP contribution in [-0.2, 0) is 16.0 Å². The number of carbonyl (C=O) groups excluding carboxylic acids is 2. The summed E-state index contributed by atoms with van der Waals surface area (Å²) in [5, 5.41) is 0. The van der Waals surface area contributed by atoms with Crippen molar-refractivity contribution >= 4 is 17.4 Å². The second-order valence-electron chi connectivity index (χ2n) is 8.39. The summed E-state index contributed by atoms with van der Waals surface area (Å²) in [5.74, 6) is 0.0389. The van der Waals surface area contributed by atoms with E-state index in [0.29, 0.717) is 24.4 Å². The molecule has 0 radical (unpaired) electrons. The second-order valence-corrected chi connectivity index (χ2v) is 8.39. The average Bonchev–Trinajstić information content (AvgIpc) is 3.15. The summed E-state index contributed by atoms with van der Waals surface area (Å²) in [6.07, 6.45) is 7.16. The summed E-state index contributed by atoms with van der Waals surface area (Å²) in [5.41, 5.74) is 4.05. The van der Waals surface area contributed by atoms with Crippen molar-refractivity contribution in [2.24, 2.45) is 5.41 Å². The van der Waals surface area contributed by atoms with Crippen LogP contribution >= 0.6 is 0 Å².